The molecule has 0 radical (unpaired) electrons. The number of methoxy groups -OCH3 is 1. The van der Waals surface area contributed by atoms with Crippen LogP contribution in [0.1, 0.15) is 12.8 Å². The van der Waals surface area contributed by atoms with E-state index in [-0.39, 0.29) is 0 Å². The summed E-state index contributed by atoms with van der Waals surface area (Å²) in [4.78, 5) is 0. The van der Waals surface area contributed by atoms with Crippen LogP contribution in [0.5, 0.6) is 0 Å². The first kappa shape index (κ1) is 12.3. The molecule has 4 heteroatoms. The predicted octanol–water partition coefficient (Wildman–Crippen LogP) is 1.13. The molecule has 0 bridgehead atoms. The second kappa shape index (κ2) is 8.53. The largest absolute Gasteiger partial charge is 0.383 e. The first-order valence-electron chi connectivity index (χ1n) is 5.32. The zero-order valence-electron chi connectivity index (χ0n) is 8.96. The number of hydrogen-bond donors (Lipinski definition) is 1. The van der Waals surface area contributed by atoms with Crippen LogP contribution in [0.3, 0.4) is 0 Å². The molecule has 0 aliphatic carbocycles. The van der Waals surface area contributed by atoms with Gasteiger partial charge in [0.05, 0.1) is 12.7 Å². The Kier molecular flexibility index (Phi) is 7.50. The van der Waals surface area contributed by atoms with E-state index in [1.807, 2.05) is 11.8 Å². The minimum atomic E-state index is 0.527. The number of rotatable bonds is 8. The van der Waals surface area contributed by atoms with Crippen LogP contribution in [0.15, 0.2) is 0 Å². The van der Waals surface area contributed by atoms with Crippen molar-refractivity contribution in [3.63, 3.8) is 0 Å². The highest BCUT2D eigenvalue weighted by atomic mass is 32.2. The fraction of sp³-hybridized carbons (Fsp3) is 1.00. The fourth-order valence-corrected chi connectivity index (χ4v) is 2.42. The number of nitrogens with one attached hydrogen (secondary N) is 1. The summed E-state index contributed by atoms with van der Waals surface area (Å²) in [6.07, 6.45) is 3.03. The van der Waals surface area contributed by atoms with Crippen LogP contribution in [0, 0.1) is 0 Å². The molecule has 0 saturated carbocycles. The van der Waals surface area contributed by atoms with Gasteiger partial charge in [-0.3, -0.25) is 0 Å². The number of ether oxygens (including phenoxy) is 2. The molecule has 0 spiro atoms. The summed E-state index contributed by atoms with van der Waals surface area (Å²) in [5.41, 5.74) is 0. The summed E-state index contributed by atoms with van der Waals surface area (Å²) in [5.74, 6) is 2.33. The lowest BCUT2D eigenvalue weighted by atomic mass is 10.3. The van der Waals surface area contributed by atoms with Crippen molar-refractivity contribution >= 4 is 11.8 Å². The third kappa shape index (κ3) is 5.86. The Morgan fingerprint density at radius 1 is 1.50 bits per heavy atom. The van der Waals surface area contributed by atoms with Gasteiger partial charge in [0, 0.05) is 38.3 Å². The van der Waals surface area contributed by atoms with E-state index in [0.29, 0.717) is 6.10 Å². The molecule has 1 fully saturated rings. The first-order chi connectivity index (χ1) is 6.93. The molecule has 3 nitrogen and oxygen atoms in total. The molecular weight excluding hydrogens is 198 g/mol. The molecule has 0 amide bonds. The van der Waals surface area contributed by atoms with E-state index in [2.05, 4.69) is 5.32 Å². The Hall–Kier alpha value is 0.230. The third-order valence-corrected chi connectivity index (χ3v) is 3.33. The lowest BCUT2D eigenvalue weighted by Gasteiger charge is -2.08. The van der Waals surface area contributed by atoms with Crippen molar-refractivity contribution in [2.24, 2.45) is 0 Å². The average Bonchev–Trinajstić information content (AvgIpc) is 2.69. The lowest BCUT2D eigenvalue weighted by Crippen LogP contribution is -2.22. The van der Waals surface area contributed by atoms with Gasteiger partial charge in [-0.05, 0) is 12.8 Å². The van der Waals surface area contributed by atoms with E-state index in [0.717, 1.165) is 32.1 Å². The van der Waals surface area contributed by atoms with E-state index in [4.69, 9.17) is 9.47 Å². The van der Waals surface area contributed by atoms with Gasteiger partial charge >= 0.3 is 0 Å². The van der Waals surface area contributed by atoms with Gasteiger partial charge in [0.2, 0.25) is 0 Å². The molecule has 1 N–H and O–H groups in total. The zero-order valence-corrected chi connectivity index (χ0v) is 9.78. The SMILES string of the molecule is COCCNCCSCC1CCCO1. The third-order valence-electron chi connectivity index (χ3n) is 2.23. The molecule has 0 aromatic rings. The Morgan fingerprint density at radius 3 is 3.14 bits per heavy atom. The van der Waals surface area contributed by atoms with E-state index >= 15 is 0 Å². The van der Waals surface area contributed by atoms with Gasteiger partial charge in [-0.15, -0.1) is 0 Å². The maximum atomic E-state index is 5.54. The summed E-state index contributed by atoms with van der Waals surface area (Å²) in [5, 5.41) is 3.33. The van der Waals surface area contributed by atoms with Crippen LogP contribution in [0.25, 0.3) is 0 Å². The quantitative estimate of drug-likeness (QED) is 0.620. The van der Waals surface area contributed by atoms with Crippen LogP contribution in [0.4, 0.5) is 0 Å². The number of hydrogen-bond acceptors (Lipinski definition) is 4. The maximum Gasteiger partial charge on any atom is 0.0666 e. The number of thioether (sulfide) groups is 1. The Labute approximate surface area is 90.9 Å². The lowest BCUT2D eigenvalue weighted by molar-refractivity contribution is 0.129. The standard InChI is InChI=1S/C10H21NO2S/c1-12-7-4-11-5-8-14-9-10-3-2-6-13-10/h10-11H,2-9H2,1H3. The van der Waals surface area contributed by atoms with Crippen molar-refractivity contribution < 1.29 is 9.47 Å². The normalized spacial score (nSPS) is 21.6. The van der Waals surface area contributed by atoms with Gasteiger partial charge < -0.3 is 14.8 Å². The Morgan fingerprint density at radius 2 is 2.43 bits per heavy atom. The van der Waals surface area contributed by atoms with Crippen molar-refractivity contribution in [2.45, 2.75) is 18.9 Å². The van der Waals surface area contributed by atoms with Gasteiger partial charge in [0.1, 0.15) is 0 Å². The van der Waals surface area contributed by atoms with Crippen molar-refractivity contribution in [3.8, 4) is 0 Å². The summed E-state index contributed by atoms with van der Waals surface area (Å²) >= 11 is 1.98. The van der Waals surface area contributed by atoms with E-state index < -0.39 is 0 Å². The highest BCUT2D eigenvalue weighted by Crippen LogP contribution is 2.16. The second-order valence-corrected chi connectivity index (χ2v) is 4.60. The Bertz CT molecular complexity index is 129. The molecule has 1 saturated heterocycles. The summed E-state index contributed by atoms with van der Waals surface area (Å²) in [6, 6.07) is 0. The average molecular weight is 219 g/mol. The van der Waals surface area contributed by atoms with Gasteiger partial charge in [-0.25, -0.2) is 0 Å². The Balaban J connectivity index is 1.75. The first-order valence-corrected chi connectivity index (χ1v) is 6.48. The second-order valence-electron chi connectivity index (χ2n) is 3.45. The molecule has 84 valence electrons. The van der Waals surface area contributed by atoms with Crippen LogP contribution < -0.4 is 5.32 Å². The summed E-state index contributed by atoms with van der Waals surface area (Å²) in [6.45, 7) is 3.80. The van der Waals surface area contributed by atoms with E-state index in [1.54, 1.807) is 7.11 Å². The molecule has 14 heavy (non-hydrogen) atoms. The highest BCUT2D eigenvalue weighted by molar-refractivity contribution is 7.99. The monoisotopic (exact) mass is 219 g/mol. The molecule has 1 atom stereocenters. The molecule has 1 rings (SSSR count). The smallest absolute Gasteiger partial charge is 0.0666 e. The van der Waals surface area contributed by atoms with Gasteiger partial charge in [0.25, 0.3) is 0 Å². The van der Waals surface area contributed by atoms with E-state index in [9.17, 15) is 0 Å². The van der Waals surface area contributed by atoms with Crippen LogP contribution >= 0.6 is 11.8 Å². The molecule has 1 aliphatic heterocycles. The van der Waals surface area contributed by atoms with Gasteiger partial charge in [0.15, 0.2) is 0 Å². The van der Waals surface area contributed by atoms with Crippen molar-refractivity contribution in [1.82, 2.24) is 5.32 Å². The van der Waals surface area contributed by atoms with Crippen LogP contribution in [0.2, 0.25) is 0 Å². The van der Waals surface area contributed by atoms with Crippen molar-refractivity contribution in [3.05, 3.63) is 0 Å². The van der Waals surface area contributed by atoms with Crippen LogP contribution in [-0.4, -0.2) is 51.0 Å². The van der Waals surface area contributed by atoms with Crippen molar-refractivity contribution in [2.75, 3.05) is 44.9 Å². The fourth-order valence-electron chi connectivity index (χ4n) is 1.43. The van der Waals surface area contributed by atoms with Crippen LogP contribution in [-0.2, 0) is 9.47 Å². The molecule has 1 heterocycles. The molecular formula is C10H21NO2S. The highest BCUT2D eigenvalue weighted by Gasteiger charge is 2.14. The molecule has 0 aromatic carbocycles. The van der Waals surface area contributed by atoms with Gasteiger partial charge in [-0.1, -0.05) is 0 Å². The zero-order chi connectivity index (χ0) is 10.1. The van der Waals surface area contributed by atoms with Gasteiger partial charge in [-0.2, -0.15) is 11.8 Å². The molecule has 1 aliphatic rings. The minimum Gasteiger partial charge on any atom is -0.383 e. The molecule has 1 unspecified atom stereocenters. The topological polar surface area (TPSA) is 30.5 Å². The predicted molar refractivity (Wildman–Crippen MR) is 61.0 cm³/mol. The van der Waals surface area contributed by atoms with E-state index in [1.165, 1.54) is 18.6 Å². The summed E-state index contributed by atoms with van der Waals surface area (Å²) < 4.78 is 10.5. The summed E-state index contributed by atoms with van der Waals surface area (Å²) in [7, 11) is 1.73. The van der Waals surface area contributed by atoms with Crippen molar-refractivity contribution in [1.29, 1.82) is 0 Å². The maximum absolute atomic E-state index is 5.54. The minimum absolute atomic E-state index is 0.527. The molecule has 0 aromatic heterocycles.